The van der Waals surface area contributed by atoms with E-state index in [4.69, 9.17) is 44.0 Å². The zero-order valence-corrected chi connectivity index (χ0v) is 46.8. The van der Waals surface area contributed by atoms with Crippen LogP contribution in [0.15, 0.2) is 103 Å². The molecular weight excluding hydrogens is 1070 g/mol. The minimum absolute atomic E-state index is 0.0345. The molecule has 0 unspecified atom stereocenters. The second kappa shape index (κ2) is 22.1. The van der Waals surface area contributed by atoms with Crippen molar-refractivity contribution in [3.63, 3.8) is 0 Å². The fourth-order valence-corrected chi connectivity index (χ4v) is 9.87. The summed E-state index contributed by atoms with van der Waals surface area (Å²) >= 11 is 15.2. The second-order valence-corrected chi connectivity index (χ2v) is 22.0. The summed E-state index contributed by atoms with van der Waals surface area (Å²) in [6, 6.07) is 19.2. The van der Waals surface area contributed by atoms with Crippen LogP contribution in [0.3, 0.4) is 0 Å². The van der Waals surface area contributed by atoms with E-state index in [9.17, 15) is 9.59 Å². The van der Waals surface area contributed by atoms with Gasteiger partial charge in [-0.05, 0) is 104 Å². The number of benzene rings is 2. The van der Waals surface area contributed by atoms with Crippen molar-refractivity contribution in [3.05, 3.63) is 124 Å². The molecule has 24 heteroatoms. The van der Waals surface area contributed by atoms with E-state index in [0.717, 1.165) is 67.7 Å². The number of nitrogens with zero attached hydrogens (tertiary/aromatic N) is 12. The molecule has 6 N–H and O–H groups in total. The highest BCUT2D eigenvalue weighted by Gasteiger charge is 2.52. The van der Waals surface area contributed by atoms with E-state index < -0.39 is 18.3 Å². The van der Waals surface area contributed by atoms with Crippen LogP contribution in [0.2, 0.25) is 10.0 Å². The van der Waals surface area contributed by atoms with Crippen molar-refractivity contribution < 1.29 is 18.9 Å². The number of halogens is 3. The van der Waals surface area contributed by atoms with E-state index in [0.29, 0.717) is 47.9 Å². The molecule has 0 saturated carbocycles. The summed E-state index contributed by atoms with van der Waals surface area (Å²) < 4.78 is 20.2. The first kappa shape index (κ1) is 54.1. The molecule has 3 fully saturated rings. The highest BCUT2D eigenvalue weighted by atomic mass is 79.9. The minimum atomic E-state index is -0.469. The third-order valence-corrected chi connectivity index (χ3v) is 15.5. The van der Waals surface area contributed by atoms with Crippen molar-refractivity contribution >= 4 is 97.8 Å². The third kappa shape index (κ3) is 11.5. The normalized spacial score (nSPS) is 16.8. The first-order valence-corrected chi connectivity index (χ1v) is 26.6. The molecule has 0 spiro atoms. The number of fused-ring (bicyclic) bond motifs is 2. The molecule has 398 valence electrons. The van der Waals surface area contributed by atoms with Crippen molar-refractivity contribution in [1.29, 1.82) is 0 Å². The van der Waals surface area contributed by atoms with Crippen LogP contribution in [0.4, 0.5) is 23.3 Å². The first-order valence-electron chi connectivity index (χ1n) is 25.1. The Hall–Kier alpha value is -6.72. The Morgan fingerprint density at radius 1 is 0.697 bits per heavy atom. The summed E-state index contributed by atoms with van der Waals surface area (Å²) in [6.07, 6.45) is 12.2. The highest BCUT2D eigenvalue weighted by molar-refractivity contribution is 9.10. The third-order valence-electron chi connectivity index (χ3n) is 14.4. The number of carbonyl (C=O) groups is 2. The van der Waals surface area contributed by atoms with Crippen molar-refractivity contribution in [3.8, 4) is 11.1 Å². The number of rotatable bonds is 12. The predicted molar refractivity (Wildman–Crippen MR) is 300 cm³/mol. The maximum atomic E-state index is 12.9. The van der Waals surface area contributed by atoms with Gasteiger partial charge in [0.1, 0.15) is 23.7 Å². The number of nitrogens with two attached hydrogens (primary N) is 2. The lowest BCUT2D eigenvalue weighted by Crippen LogP contribution is -2.54. The van der Waals surface area contributed by atoms with Crippen LogP contribution in [-0.4, -0.2) is 105 Å². The van der Waals surface area contributed by atoms with Gasteiger partial charge < -0.3 is 41.2 Å². The molecule has 3 saturated heterocycles. The average molecular weight is 1140 g/mol. The monoisotopic (exact) mass is 1130 g/mol. The predicted octanol–water partition coefficient (Wildman–Crippen LogP) is 7.22. The minimum Gasteiger partial charge on any atom is -0.399 e. The molecule has 3 aliphatic rings. The van der Waals surface area contributed by atoms with E-state index in [-0.39, 0.29) is 35.7 Å². The Balaban J connectivity index is 0.000000162. The maximum absolute atomic E-state index is 12.9. The van der Waals surface area contributed by atoms with Gasteiger partial charge in [0.25, 0.3) is 0 Å². The number of carbonyl (C=O) groups excluding carboxylic acids is 2. The van der Waals surface area contributed by atoms with Gasteiger partial charge in [-0.2, -0.15) is 20.4 Å². The molecular formula is C52H62BBrCl2N16O4. The van der Waals surface area contributed by atoms with Gasteiger partial charge in [-0.3, -0.25) is 19.0 Å². The van der Waals surface area contributed by atoms with Crippen molar-refractivity contribution in [2.75, 3.05) is 47.4 Å². The molecule has 2 aromatic carbocycles. The largest absolute Gasteiger partial charge is 0.496 e. The summed E-state index contributed by atoms with van der Waals surface area (Å²) in [6.45, 7) is 14.7. The van der Waals surface area contributed by atoms with Crippen LogP contribution in [0.1, 0.15) is 77.6 Å². The molecule has 2 amide bonds. The molecule has 2 atom stereocenters. The van der Waals surface area contributed by atoms with E-state index >= 15 is 0 Å². The highest BCUT2D eigenvalue weighted by Crippen LogP contribution is 2.38. The number of aromatic nitrogens is 10. The molecule has 6 aromatic heterocycles. The van der Waals surface area contributed by atoms with Crippen LogP contribution in [-0.2, 0) is 33.0 Å². The number of hydrogen-bond acceptors (Lipinski definition) is 14. The summed E-state index contributed by atoms with van der Waals surface area (Å²) in [5.41, 5.74) is 17.1. The zero-order valence-electron chi connectivity index (χ0n) is 43.7. The molecule has 0 bridgehead atoms. The molecule has 76 heavy (non-hydrogen) atoms. The Bertz CT molecular complexity index is 3320. The second-order valence-electron chi connectivity index (χ2n) is 20.3. The van der Waals surface area contributed by atoms with Crippen LogP contribution in [0.5, 0.6) is 0 Å². The van der Waals surface area contributed by atoms with Gasteiger partial charge in [0, 0.05) is 91.7 Å². The van der Waals surface area contributed by atoms with Gasteiger partial charge in [-0.15, -0.1) is 0 Å². The van der Waals surface area contributed by atoms with Crippen molar-refractivity contribution in [2.24, 2.45) is 25.9 Å². The van der Waals surface area contributed by atoms with Gasteiger partial charge >= 0.3 is 7.12 Å². The number of nitrogens with one attached hydrogen (secondary N) is 2. The molecule has 3 aliphatic heterocycles. The summed E-state index contributed by atoms with van der Waals surface area (Å²) in [4.78, 5) is 39.0. The topological polar surface area (TPSA) is 231 Å². The Labute approximate surface area is 459 Å². The van der Waals surface area contributed by atoms with Gasteiger partial charge in [0.2, 0.25) is 11.8 Å². The molecule has 20 nitrogen and oxygen atoms in total. The van der Waals surface area contributed by atoms with Crippen LogP contribution in [0.25, 0.3) is 22.2 Å². The lowest BCUT2D eigenvalue weighted by Gasteiger charge is -2.39. The Kier molecular flexibility index (Phi) is 15.7. The van der Waals surface area contributed by atoms with Crippen molar-refractivity contribution in [2.45, 2.75) is 77.7 Å². The summed E-state index contributed by atoms with van der Waals surface area (Å²) in [5.74, 6) is 2.53. The Morgan fingerprint density at radius 3 is 1.55 bits per heavy atom. The molecule has 0 radical (unpaired) electrons. The van der Waals surface area contributed by atoms with E-state index in [2.05, 4.69) is 80.6 Å². The summed E-state index contributed by atoms with van der Waals surface area (Å²) in [5, 5.41) is 24.5. The fourth-order valence-electron chi connectivity index (χ4n) is 9.25. The van der Waals surface area contributed by atoms with Gasteiger partial charge in [0.15, 0.2) is 23.3 Å². The summed E-state index contributed by atoms with van der Waals surface area (Å²) in [7, 11) is 3.19. The van der Waals surface area contributed by atoms with E-state index in [1.165, 1.54) is 12.7 Å². The van der Waals surface area contributed by atoms with Gasteiger partial charge in [-0.25, -0.2) is 19.0 Å². The molecule has 0 aliphatic carbocycles. The SMILES string of the molecule is CC[C@H](NC(=O)C1CN(c2ncnn3cc(-c4cn(C)nc4N)cc23)C1)c1ccc(Cl)cc1.CC[C@H](NC(=O)C1CN(c2ncnn3cc(B4OC(C)(C)C(C)(C)O4)cc23)C1)c1ccc(Cl)cc1.Cn1cc(Br)c(N)n1. The van der Waals surface area contributed by atoms with Crippen LogP contribution >= 0.6 is 39.1 Å². The first-order chi connectivity index (χ1) is 36.2. The van der Waals surface area contributed by atoms with Gasteiger partial charge in [0.05, 0.1) is 39.6 Å². The van der Waals surface area contributed by atoms with E-state index in [1.54, 1.807) is 24.6 Å². The molecule has 9 heterocycles. The van der Waals surface area contributed by atoms with E-state index in [1.807, 2.05) is 121 Å². The van der Waals surface area contributed by atoms with Crippen molar-refractivity contribution in [1.82, 2.24) is 59.4 Å². The standard InChI is InChI=1S/C25H31BClN5O3.C23H25ClN8O.C4H6BrN3/c1-6-20(16-7-9-19(27)10-8-16)30-23(33)17-12-31(13-17)22-21-11-18(14-32(21)29-15-28-22)26-34-24(2,3)25(4,5)35-26;1-3-19(14-4-6-17(24)7-5-14)28-23(33)16-9-31(10-16)22-20-8-15(11-32(20)27-13-26-22)18-12-30(2)29-21(18)25;1-8-2-3(5)4(6)7-8/h7-11,14-15,17,20H,6,12-13H2,1-5H3,(H,30,33);4-8,11-13,16,19H,3,9-10H2,1-2H3,(H2,25,29)(H,28,33);2H,1H3,(H2,6,7)/t20-;19-;/m00./s1. The zero-order chi connectivity index (χ0) is 54.2. The maximum Gasteiger partial charge on any atom is 0.496 e. The lowest BCUT2D eigenvalue weighted by molar-refractivity contribution is -0.127. The number of aryl methyl sites for hydroxylation is 2. The number of nitrogen functional groups attached to an aromatic ring is 2. The van der Waals surface area contributed by atoms with Crippen LogP contribution in [0, 0.1) is 11.8 Å². The quantitative estimate of drug-likeness (QED) is 0.0886. The smallest absolute Gasteiger partial charge is 0.399 e. The number of amides is 2. The van der Waals surface area contributed by atoms with Gasteiger partial charge in [-0.1, -0.05) is 61.3 Å². The number of hydrogen-bond donors (Lipinski definition) is 4. The lowest BCUT2D eigenvalue weighted by atomic mass is 9.81. The molecule has 8 aromatic rings. The molecule has 11 rings (SSSR count). The average Bonchev–Trinajstić information content (AvgIpc) is 4.18. The fraction of sp³-hybridized carbons (Fsp3) is 0.385. The van der Waals surface area contributed by atoms with Crippen LogP contribution < -0.4 is 37.4 Å². The number of anilines is 4. The Morgan fingerprint density at radius 2 is 1.14 bits per heavy atom.